The van der Waals surface area contributed by atoms with Crippen LogP contribution in [0, 0.1) is 11.8 Å². The largest absolute Gasteiger partial charge is 0.316 e. The van der Waals surface area contributed by atoms with Gasteiger partial charge in [-0.2, -0.15) is 11.8 Å². The lowest BCUT2D eigenvalue weighted by atomic mass is 9.77. The fourth-order valence-corrected chi connectivity index (χ4v) is 4.03. The summed E-state index contributed by atoms with van der Waals surface area (Å²) in [4.78, 5) is 0. The highest BCUT2D eigenvalue weighted by atomic mass is 32.2. The first-order valence-electron chi connectivity index (χ1n) is 7.06. The van der Waals surface area contributed by atoms with Crippen molar-refractivity contribution in [1.29, 1.82) is 0 Å². The minimum Gasteiger partial charge on any atom is -0.316 e. The van der Waals surface area contributed by atoms with Crippen molar-refractivity contribution in [2.45, 2.75) is 58.4 Å². The summed E-state index contributed by atoms with van der Waals surface area (Å²) in [7, 11) is 2.15. The van der Waals surface area contributed by atoms with Gasteiger partial charge in [0, 0.05) is 11.8 Å². The van der Waals surface area contributed by atoms with Crippen LogP contribution in [-0.2, 0) is 0 Å². The Morgan fingerprint density at radius 3 is 2.75 bits per heavy atom. The Labute approximate surface area is 106 Å². The SMILES string of the molecule is CCCSCC(NC)C1CCCC(CC)C1. The van der Waals surface area contributed by atoms with Crippen LogP contribution in [0.2, 0.25) is 0 Å². The number of thioether (sulfide) groups is 1. The Bertz CT molecular complexity index is 172. The van der Waals surface area contributed by atoms with E-state index in [1.807, 2.05) is 0 Å². The van der Waals surface area contributed by atoms with Gasteiger partial charge >= 0.3 is 0 Å². The van der Waals surface area contributed by atoms with E-state index >= 15 is 0 Å². The van der Waals surface area contributed by atoms with Gasteiger partial charge < -0.3 is 5.32 Å². The average molecular weight is 243 g/mol. The van der Waals surface area contributed by atoms with E-state index in [4.69, 9.17) is 0 Å². The highest BCUT2D eigenvalue weighted by Crippen LogP contribution is 2.33. The second-order valence-corrected chi connectivity index (χ2v) is 6.32. The zero-order valence-electron chi connectivity index (χ0n) is 11.3. The first-order valence-corrected chi connectivity index (χ1v) is 8.22. The maximum absolute atomic E-state index is 3.55. The number of hydrogen-bond donors (Lipinski definition) is 1. The van der Waals surface area contributed by atoms with Crippen LogP contribution in [0.15, 0.2) is 0 Å². The van der Waals surface area contributed by atoms with E-state index in [0.717, 1.165) is 17.9 Å². The monoisotopic (exact) mass is 243 g/mol. The molecule has 0 aromatic heterocycles. The van der Waals surface area contributed by atoms with E-state index in [9.17, 15) is 0 Å². The molecular weight excluding hydrogens is 214 g/mol. The van der Waals surface area contributed by atoms with Gasteiger partial charge in [0.15, 0.2) is 0 Å². The number of nitrogens with one attached hydrogen (secondary N) is 1. The van der Waals surface area contributed by atoms with Crippen molar-refractivity contribution in [3.05, 3.63) is 0 Å². The zero-order chi connectivity index (χ0) is 11.8. The van der Waals surface area contributed by atoms with Crippen molar-refractivity contribution in [2.24, 2.45) is 11.8 Å². The fourth-order valence-electron chi connectivity index (χ4n) is 2.88. The summed E-state index contributed by atoms with van der Waals surface area (Å²) in [6, 6.07) is 0.755. The summed E-state index contributed by atoms with van der Waals surface area (Å²) in [5, 5.41) is 3.55. The van der Waals surface area contributed by atoms with Gasteiger partial charge in [-0.05, 0) is 43.9 Å². The summed E-state index contributed by atoms with van der Waals surface area (Å²) in [5.41, 5.74) is 0. The molecule has 0 spiro atoms. The minimum atomic E-state index is 0.755. The molecule has 1 N–H and O–H groups in total. The molecule has 0 aromatic carbocycles. The van der Waals surface area contributed by atoms with E-state index in [1.165, 1.54) is 50.0 Å². The van der Waals surface area contributed by atoms with Gasteiger partial charge in [0.1, 0.15) is 0 Å². The molecule has 1 aliphatic carbocycles. The van der Waals surface area contributed by atoms with Crippen LogP contribution >= 0.6 is 11.8 Å². The van der Waals surface area contributed by atoms with Gasteiger partial charge in [-0.3, -0.25) is 0 Å². The molecule has 1 saturated carbocycles. The van der Waals surface area contributed by atoms with Gasteiger partial charge in [0.25, 0.3) is 0 Å². The smallest absolute Gasteiger partial charge is 0.0183 e. The van der Waals surface area contributed by atoms with Crippen molar-refractivity contribution >= 4 is 11.8 Å². The van der Waals surface area contributed by atoms with Crippen molar-refractivity contribution < 1.29 is 0 Å². The normalized spacial score (nSPS) is 27.9. The van der Waals surface area contributed by atoms with Gasteiger partial charge in [-0.25, -0.2) is 0 Å². The van der Waals surface area contributed by atoms with Crippen LogP contribution in [0.25, 0.3) is 0 Å². The molecular formula is C14H29NS. The van der Waals surface area contributed by atoms with Crippen molar-refractivity contribution in [1.82, 2.24) is 5.32 Å². The summed E-state index contributed by atoms with van der Waals surface area (Å²) < 4.78 is 0. The standard InChI is InChI=1S/C14H29NS/c1-4-9-16-11-14(15-3)13-8-6-7-12(5-2)10-13/h12-15H,4-11H2,1-3H3. The van der Waals surface area contributed by atoms with Crippen LogP contribution in [0.1, 0.15) is 52.4 Å². The van der Waals surface area contributed by atoms with Gasteiger partial charge in [-0.1, -0.05) is 33.1 Å². The molecule has 1 aliphatic rings. The molecule has 1 rings (SSSR count). The second kappa shape index (κ2) is 8.41. The van der Waals surface area contributed by atoms with Crippen molar-refractivity contribution in [3.63, 3.8) is 0 Å². The lowest BCUT2D eigenvalue weighted by Crippen LogP contribution is -2.38. The first-order chi connectivity index (χ1) is 7.81. The molecule has 0 radical (unpaired) electrons. The molecule has 0 saturated heterocycles. The lowest BCUT2D eigenvalue weighted by molar-refractivity contribution is 0.223. The Balaban J connectivity index is 2.32. The van der Waals surface area contributed by atoms with Gasteiger partial charge in [0.05, 0.1) is 0 Å². The summed E-state index contributed by atoms with van der Waals surface area (Å²) >= 11 is 2.13. The van der Waals surface area contributed by atoms with E-state index < -0.39 is 0 Å². The number of hydrogen-bond acceptors (Lipinski definition) is 2. The third-order valence-corrected chi connectivity index (χ3v) is 5.28. The Morgan fingerprint density at radius 1 is 1.31 bits per heavy atom. The summed E-state index contributed by atoms with van der Waals surface area (Å²) in [6.45, 7) is 4.63. The van der Waals surface area contributed by atoms with Crippen LogP contribution in [0.3, 0.4) is 0 Å². The van der Waals surface area contributed by atoms with Gasteiger partial charge in [0.2, 0.25) is 0 Å². The molecule has 96 valence electrons. The third-order valence-electron chi connectivity index (χ3n) is 3.99. The maximum Gasteiger partial charge on any atom is 0.0183 e. The van der Waals surface area contributed by atoms with Gasteiger partial charge in [-0.15, -0.1) is 0 Å². The fraction of sp³-hybridized carbons (Fsp3) is 1.00. The Kier molecular flexibility index (Phi) is 7.55. The molecule has 0 amide bonds. The highest BCUT2D eigenvalue weighted by molar-refractivity contribution is 7.99. The van der Waals surface area contributed by atoms with E-state index in [-0.39, 0.29) is 0 Å². The Hall–Kier alpha value is 0.310. The summed E-state index contributed by atoms with van der Waals surface area (Å²) in [6.07, 6.45) is 8.55. The molecule has 2 heteroatoms. The van der Waals surface area contributed by atoms with Crippen molar-refractivity contribution in [2.75, 3.05) is 18.6 Å². The van der Waals surface area contributed by atoms with Crippen LogP contribution in [0.5, 0.6) is 0 Å². The predicted molar refractivity (Wildman–Crippen MR) is 76.2 cm³/mol. The van der Waals surface area contributed by atoms with E-state index in [0.29, 0.717) is 0 Å². The third kappa shape index (κ3) is 4.67. The van der Waals surface area contributed by atoms with Crippen LogP contribution in [0.4, 0.5) is 0 Å². The molecule has 0 aromatic rings. The van der Waals surface area contributed by atoms with Crippen LogP contribution < -0.4 is 5.32 Å². The summed E-state index contributed by atoms with van der Waals surface area (Å²) in [5.74, 6) is 4.58. The maximum atomic E-state index is 3.55. The molecule has 16 heavy (non-hydrogen) atoms. The van der Waals surface area contributed by atoms with E-state index in [2.05, 4.69) is 38.0 Å². The highest BCUT2D eigenvalue weighted by Gasteiger charge is 2.26. The zero-order valence-corrected chi connectivity index (χ0v) is 12.1. The topological polar surface area (TPSA) is 12.0 Å². The average Bonchev–Trinajstić information content (AvgIpc) is 2.35. The van der Waals surface area contributed by atoms with Crippen molar-refractivity contribution in [3.8, 4) is 0 Å². The predicted octanol–water partition coefficient (Wildman–Crippen LogP) is 3.93. The number of rotatable bonds is 7. The Morgan fingerprint density at radius 2 is 2.12 bits per heavy atom. The quantitative estimate of drug-likeness (QED) is 0.680. The molecule has 0 aliphatic heterocycles. The lowest BCUT2D eigenvalue weighted by Gasteiger charge is -2.34. The minimum absolute atomic E-state index is 0.755. The molecule has 3 atom stereocenters. The first kappa shape index (κ1) is 14.4. The second-order valence-electron chi connectivity index (χ2n) is 5.17. The van der Waals surface area contributed by atoms with Crippen LogP contribution in [-0.4, -0.2) is 24.6 Å². The molecule has 0 heterocycles. The molecule has 1 fully saturated rings. The van der Waals surface area contributed by atoms with E-state index in [1.54, 1.807) is 0 Å². The molecule has 1 nitrogen and oxygen atoms in total. The molecule has 3 unspecified atom stereocenters. The molecule has 0 bridgehead atoms.